The number of ether oxygens (including phenoxy) is 1. The molecule has 0 radical (unpaired) electrons. The van der Waals surface area contributed by atoms with Crippen LogP contribution >= 0.6 is 11.6 Å². The summed E-state index contributed by atoms with van der Waals surface area (Å²) in [5.74, 6) is 0.989. The van der Waals surface area contributed by atoms with Gasteiger partial charge in [0.1, 0.15) is 12.4 Å². The molecule has 4 nitrogen and oxygen atoms in total. The average molecular weight is 311 g/mol. The first-order valence-electron chi connectivity index (χ1n) is 7.42. The van der Waals surface area contributed by atoms with E-state index in [1.807, 2.05) is 19.2 Å². The molecule has 1 saturated heterocycles. The molecule has 1 aliphatic rings. The van der Waals surface area contributed by atoms with Gasteiger partial charge in [-0.1, -0.05) is 18.5 Å². The topological polar surface area (TPSA) is 41.6 Å². The zero-order valence-electron chi connectivity index (χ0n) is 12.7. The van der Waals surface area contributed by atoms with E-state index in [1.54, 1.807) is 17.0 Å². The Morgan fingerprint density at radius 3 is 2.71 bits per heavy atom. The van der Waals surface area contributed by atoms with E-state index in [0.29, 0.717) is 18.2 Å². The van der Waals surface area contributed by atoms with Gasteiger partial charge in [0.05, 0.1) is 12.0 Å². The summed E-state index contributed by atoms with van der Waals surface area (Å²) in [4.78, 5) is 14.4. The molecule has 0 bridgehead atoms. The fraction of sp³-hybridized carbons (Fsp3) is 0.562. The quantitative estimate of drug-likeness (QED) is 0.878. The molecule has 1 atom stereocenters. The number of carbonyl (C=O) groups excluding carboxylic acids is 1. The number of carbonyl (C=O) groups is 1. The number of nitrogens with one attached hydrogen (secondary N) is 1. The van der Waals surface area contributed by atoms with Crippen LogP contribution in [-0.4, -0.2) is 44.1 Å². The summed E-state index contributed by atoms with van der Waals surface area (Å²) in [6, 6.07) is 7.25. The number of hydrogen-bond acceptors (Lipinski definition) is 3. The average Bonchev–Trinajstić information content (AvgIpc) is 2.98. The van der Waals surface area contributed by atoms with Gasteiger partial charge >= 0.3 is 0 Å². The Labute approximate surface area is 131 Å². The number of likely N-dealkylation sites (N-methyl/N-ethyl adjacent to an activating group) is 1. The molecule has 1 aromatic rings. The van der Waals surface area contributed by atoms with E-state index in [0.717, 1.165) is 31.7 Å². The SMILES string of the molecule is CCC1(C(=O)N(C)CCOc2ccc(Cl)cc2)CCNC1. The van der Waals surface area contributed by atoms with Crippen LogP contribution in [0, 0.1) is 5.41 Å². The molecular weight excluding hydrogens is 288 g/mol. The van der Waals surface area contributed by atoms with Crippen molar-refractivity contribution in [3.05, 3.63) is 29.3 Å². The van der Waals surface area contributed by atoms with Gasteiger partial charge in [-0.25, -0.2) is 0 Å². The Morgan fingerprint density at radius 2 is 2.14 bits per heavy atom. The highest BCUT2D eigenvalue weighted by molar-refractivity contribution is 6.30. The standard InChI is InChI=1S/C16H23ClN2O2/c1-3-16(8-9-18-12-16)15(20)19(2)10-11-21-14-6-4-13(17)5-7-14/h4-7,18H,3,8-12H2,1-2H3. The molecular formula is C16H23ClN2O2. The highest BCUT2D eigenvalue weighted by Gasteiger charge is 2.40. The van der Waals surface area contributed by atoms with Gasteiger partial charge in [-0.15, -0.1) is 0 Å². The van der Waals surface area contributed by atoms with Crippen molar-refractivity contribution >= 4 is 17.5 Å². The van der Waals surface area contributed by atoms with E-state index in [2.05, 4.69) is 12.2 Å². The third-order valence-electron chi connectivity index (χ3n) is 4.23. The molecule has 0 aliphatic carbocycles. The van der Waals surface area contributed by atoms with Crippen molar-refractivity contribution in [1.29, 1.82) is 0 Å². The third kappa shape index (κ3) is 3.89. The molecule has 5 heteroatoms. The lowest BCUT2D eigenvalue weighted by Crippen LogP contribution is -2.44. The monoisotopic (exact) mass is 310 g/mol. The van der Waals surface area contributed by atoms with Crippen LogP contribution < -0.4 is 10.1 Å². The molecule has 1 unspecified atom stereocenters. The first-order chi connectivity index (χ1) is 10.1. The fourth-order valence-electron chi connectivity index (χ4n) is 2.72. The minimum Gasteiger partial charge on any atom is -0.492 e. The maximum absolute atomic E-state index is 12.6. The normalized spacial score (nSPS) is 21.3. The Balaban J connectivity index is 1.82. The van der Waals surface area contributed by atoms with Crippen LogP contribution in [0.1, 0.15) is 19.8 Å². The second-order valence-electron chi connectivity index (χ2n) is 5.59. The van der Waals surface area contributed by atoms with E-state index in [-0.39, 0.29) is 11.3 Å². The van der Waals surface area contributed by atoms with Crippen LogP contribution in [0.4, 0.5) is 0 Å². The molecule has 1 N–H and O–H groups in total. The summed E-state index contributed by atoms with van der Waals surface area (Å²) in [5, 5.41) is 3.98. The van der Waals surface area contributed by atoms with Crippen molar-refractivity contribution in [2.75, 3.05) is 33.3 Å². The van der Waals surface area contributed by atoms with Gasteiger partial charge in [0.15, 0.2) is 0 Å². The zero-order valence-corrected chi connectivity index (χ0v) is 13.4. The van der Waals surface area contributed by atoms with Crippen LogP contribution in [-0.2, 0) is 4.79 Å². The molecule has 116 valence electrons. The first-order valence-corrected chi connectivity index (χ1v) is 7.80. The lowest BCUT2D eigenvalue weighted by atomic mass is 9.83. The summed E-state index contributed by atoms with van der Waals surface area (Å²) in [6.45, 7) is 4.86. The van der Waals surface area contributed by atoms with E-state index < -0.39 is 0 Å². The predicted octanol–water partition coefficient (Wildman–Crippen LogP) is 2.57. The first kappa shape index (κ1) is 16.1. The van der Waals surface area contributed by atoms with Gasteiger partial charge in [-0.2, -0.15) is 0 Å². The van der Waals surface area contributed by atoms with Crippen LogP contribution in [0.3, 0.4) is 0 Å². The summed E-state index contributed by atoms with van der Waals surface area (Å²) >= 11 is 5.83. The lowest BCUT2D eigenvalue weighted by Gasteiger charge is -2.30. The third-order valence-corrected chi connectivity index (χ3v) is 4.48. The van der Waals surface area contributed by atoms with Crippen molar-refractivity contribution < 1.29 is 9.53 Å². The van der Waals surface area contributed by atoms with Crippen molar-refractivity contribution in [1.82, 2.24) is 10.2 Å². The highest BCUT2D eigenvalue weighted by atomic mass is 35.5. The summed E-state index contributed by atoms with van der Waals surface area (Å²) in [7, 11) is 1.85. The van der Waals surface area contributed by atoms with E-state index in [4.69, 9.17) is 16.3 Å². The summed E-state index contributed by atoms with van der Waals surface area (Å²) in [6.07, 6.45) is 1.80. The highest BCUT2D eigenvalue weighted by Crippen LogP contribution is 2.31. The number of rotatable bonds is 6. The fourth-order valence-corrected chi connectivity index (χ4v) is 2.84. The molecule has 1 aliphatic heterocycles. The number of nitrogens with zero attached hydrogens (tertiary/aromatic N) is 1. The Bertz CT molecular complexity index is 470. The smallest absolute Gasteiger partial charge is 0.229 e. The largest absolute Gasteiger partial charge is 0.492 e. The number of amides is 1. The number of hydrogen-bond donors (Lipinski definition) is 1. The predicted molar refractivity (Wildman–Crippen MR) is 84.8 cm³/mol. The van der Waals surface area contributed by atoms with Crippen LogP contribution in [0.15, 0.2) is 24.3 Å². The minimum absolute atomic E-state index is 0.217. The van der Waals surface area contributed by atoms with Crippen molar-refractivity contribution in [2.45, 2.75) is 19.8 Å². The van der Waals surface area contributed by atoms with Crippen LogP contribution in [0.2, 0.25) is 5.02 Å². The second-order valence-corrected chi connectivity index (χ2v) is 6.03. The maximum Gasteiger partial charge on any atom is 0.229 e. The van der Waals surface area contributed by atoms with Crippen molar-refractivity contribution in [3.8, 4) is 5.75 Å². The van der Waals surface area contributed by atoms with Crippen molar-refractivity contribution in [2.24, 2.45) is 5.41 Å². The Morgan fingerprint density at radius 1 is 1.43 bits per heavy atom. The molecule has 21 heavy (non-hydrogen) atoms. The minimum atomic E-state index is -0.227. The molecule has 1 aromatic carbocycles. The van der Waals surface area contributed by atoms with Gasteiger partial charge in [0.25, 0.3) is 0 Å². The molecule has 1 amide bonds. The van der Waals surface area contributed by atoms with Crippen LogP contribution in [0.25, 0.3) is 0 Å². The zero-order chi connectivity index (χ0) is 15.3. The molecule has 1 heterocycles. The van der Waals surface area contributed by atoms with E-state index in [1.165, 1.54) is 0 Å². The second kappa shape index (κ2) is 7.14. The molecule has 2 rings (SSSR count). The van der Waals surface area contributed by atoms with Crippen molar-refractivity contribution in [3.63, 3.8) is 0 Å². The van der Waals surface area contributed by atoms with Gasteiger partial charge in [-0.05, 0) is 43.7 Å². The summed E-state index contributed by atoms with van der Waals surface area (Å²) in [5.41, 5.74) is -0.227. The maximum atomic E-state index is 12.6. The molecule has 0 spiro atoms. The molecule has 1 fully saturated rings. The van der Waals surface area contributed by atoms with E-state index in [9.17, 15) is 4.79 Å². The Hall–Kier alpha value is -1.26. The van der Waals surface area contributed by atoms with E-state index >= 15 is 0 Å². The Kier molecular flexibility index (Phi) is 5.48. The van der Waals surface area contributed by atoms with Gasteiger partial charge in [0.2, 0.25) is 5.91 Å². The van der Waals surface area contributed by atoms with Crippen LogP contribution in [0.5, 0.6) is 5.75 Å². The van der Waals surface area contributed by atoms with Gasteiger partial charge < -0.3 is 15.0 Å². The number of benzene rings is 1. The van der Waals surface area contributed by atoms with Gasteiger partial charge in [-0.3, -0.25) is 4.79 Å². The summed E-state index contributed by atoms with van der Waals surface area (Å²) < 4.78 is 5.64. The van der Waals surface area contributed by atoms with Gasteiger partial charge in [0, 0.05) is 18.6 Å². The number of halogens is 1. The molecule has 0 aromatic heterocycles. The molecule has 0 saturated carbocycles. The lowest BCUT2D eigenvalue weighted by molar-refractivity contribution is -0.140.